The van der Waals surface area contributed by atoms with Crippen LogP contribution in [-0.4, -0.2) is 44.8 Å². The van der Waals surface area contributed by atoms with Gasteiger partial charge in [-0.1, -0.05) is 90.5 Å². The standard InChI is InChI=1S/C34H37N3O4S/c1-25-16-19-30(20-17-25)42(40,41)37(31-21-26(2)15-18-27(31)3)24-33(38)36(23-29-13-9-6-10-14-29)32(34(39)35-4)22-28-11-7-5-8-12-28/h5-21,32H,22-24H2,1-4H3,(H,35,39). The summed E-state index contributed by atoms with van der Waals surface area (Å²) >= 11 is 0. The summed E-state index contributed by atoms with van der Waals surface area (Å²) in [6.07, 6.45) is 0.271. The third-order valence-corrected chi connectivity index (χ3v) is 9.01. The molecule has 1 N–H and O–H groups in total. The molecule has 8 heteroatoms. The molecule has 0 aliphatic carbocycles. The van der Waals surface area contributed by atoms with E-state index in [9.17, 15) is 18.0 Å². The maximum absolute atomic E-state index is 14.4. The molecule has 1 unspecified atom stereocenters. The van der Waals surface area contributed by atoms with Crippen LogP contribution in [0.4, 0.5) is 5.69 Å². The van der Waals surface area contributed by atoms with Gasteiger partial charge in [0.05, 0.1) is 10.6 Å². The molecule has 0 saturated carbocycles. The molecule has 4 aromatic carbocycles. The van der Waals surface area contributed by atoms with Crippen LogP contribution in [0.2, 0.25) is 0 Å². The molecular formula is C34H37N3O4S. The van der Waals surface area contributed by atoms with Gasteiger partial charge in [-0.25, -0.2) is 8.42 Å². The maximum atomic E-state index is 14.4. The van der Waals surface area contributed by atoms with E-state index in [1.54, 1.807) is 30.3 Å². The van der Waals surface area contributed by atoms with Gasteiger partial charge in [0.15, 0.2) is 0 Å². The van der Waals surface area contributed by atoms with E-state index in [0.29, 0.717) is 11.3 Å². The van der Waals surface area contributed by atoms with Crippen molar-refractivity contribution < 1.29 is 18.0 Å². The average Bonchev–Trinajstić information content (AvgIpc) is 2.99. The van der Waals surface area contributed by atoms with Crippen molar-refractivity contribution in [3.63, 3.8) is 0 Å². The van der Waals surface area contributed by atoms with Crippen LogP contribution >= 0.6 is 0 Å². The lowest BCUT2D eigenvalue weighted by molar-refractivity contribution is -0.139. The van der Waals surface area contributed by atoms with Gasteiger partial charge in [0.2, 0.25) is 11.8 Å². The van der Waals surface area contributed by atoms with Crippen molar-refractivity contribution in [2.24, 2.45) is 0 Å². The van der Waals surface area contributed by atoms with Crippen molar-refractivity contribution in [2.45, 2.75) is 44.7 Å². The van der Waals surface area contributed by atoms with Gasteiger partial charge >= 0.3 is 0 Å². The normalized spacial score (nSPS) is 11.9. The van der Waals surface area contributed by atoms with E-state index in [1.165, 1.54) is 16.3 Å². The predicted molar refractivity (Wildman–Crippen MR) is 167 cm³/mol. The summed E-state index contributed by atoms with van der Waals surface area (Å²) in [5.41, 5.74) is 4.63. The van der Waals surface area contributed by atoms with Crippen LogP contribution in [0, 0.1) is 20.8 Å². The first-order valence-electron chi connectivity index (χ1n) is 13.9. The summed E-state index contributed by atoms with van der Waals surface area (Å²) in [7, 11) is -2.60. The fourth-order valence-electron chi connectivity index (χ4n) is 4.84. The number of likely N-dealkylation sites (N-methyl/N-ethyl adjacent to an activating group) is 1. The zero-order chi connectivity index (χ0) is 30.3. The molecule has 0 aliphatic heterocycles. The van der Waals surface area contributed by atoms with Crippen LogP contribution in [0.3, 0.4) is 0 Å². The second-order valence-corrected chi connectivity index (χ2v) is 12.3. The SMILES string of the molecule is CNC(=O)C(Cc1ccccc1)N(Cc1ccccc1)C(=O)CN(c1cc(C)ccc1C)S(=O)(=O)c1ccc(C)cc1. The number of rotatable bonds is 11. The highest BCUT2D eigenvalue weighted by Crippen LogP contribution is 2.29. The van der Waals surface area contributed by atoms with Gasteiger partial charge in [-0.3, -0.25) is 13.9 Å². The highest BCUT2D eigenvalue weighted by atomic mass is 32.2. The lowest BCUT2D eigenvalue weighted by Crippen LogP contribution is -2.53. The Morgan fingerprint density at radius 3 is 1.93 bits per heavy atom. The Bertz CT molecular complexity index is 1620. The number of nitrogens with zero attached hydrogens (tertiary/aromatic N) is 2. The van der Waals surface area contributed by atoms with Gasteiger partial charge in [0.25, 0.3) is 10.0 Å². The minimum atomic E-state index is -4.14. The van der Waals surface area contributed by atoms with Crippen LogP contribution < -0.4 is 9.62 Å². The fraction of sp³-hybridized carbons (Fsp3) is 0.235. The number of carbonyl (C=O) groups is 2. The van der Waals surface area contributed by atoms with Gasteiger partial charge in [-0.05, 0) is 61.2 Å². The molecule has 0 aliphatic rings. The van der Waals surface area contributed by atoms with Crippen LogP contribution in [0.25, 0.3) is 0 Å². The number of sulfonamides is 1. The first-order chi connectivity index (χ1) is 20.1. The number of nitrogens with one attached hydrogen (secondary N) is 1. The highest BCUT2D eigenvalue weighted by Gasteiger charge is 2.34. The average molecular weight is 584 g/mol. The summed E-state index contributed by atoms with van der Waals surface area (Å²) < 4.78 is 29.5. The quantitative estimate of drug-likeness (QED) is 0.263. The van der Waals surface area contributed by atoms with Gasteiger partial charge in [-0.15, -0.1) is 0 Å². The Morgan fingerprint density at radius 2 is 1.33 bits per heavy atom. The van der Waals surface area contributed by atoms with Crippen molar-refractivity contribution in [3.8, 4) is 0 Å². The van der Waals surface area contributed by atoms with E-state index in [4.69, 9.17) is 0 Å². The second kappa shape index (κ2) is 13.5. The first kappa shape index (κ1) is 30.5. The van der Waals surface area contributed by atoms with Crippen molar-refractivity contribution >= 4 is 27.5 Å². The number of aryl methyl sites for hydroxylation is 3. The van der Waals surface area contributed by atoms with E-state index in [0.717, 1.165) is 22.3 Å². The van der Waals surface area contributed by atoms with Crippen LogP contribution in [-0.2, 0) is 32.6 Å². The first-order valence-corrected chi connectivity index (χ1v) is 15.3. The smallest absolute Gasteiger partial charge is 0.264 e. The molecule has 1 atom stereocenters. The van der Waals surface area contributed by atoms with Crippen LogP contribution in [0.5, 0.6) is 0 Å². The lowest BCUT2D eigenvalue weighted by Gasteiger charge is -2.34. The minimum Gasteiger partial charge on any atom is -0.357 e. The zero-order valence-electron chi connectivity index (χ0n) is 24.4. The summed E-state index contributed by atoms with van der Waals surface area (Å²) in [5, 5.41) is 2.70. The van der Waals surface area contributed by atoms with Crippen molar-refractivity contribution in [3.05, 3.63) is 131 Å². The zero-order valence-corrected chi connectivity index (χ0v) is 25.3. The molecule has 2 amide bonds. The van der Waals surface area contributed by atoms with E-state index in [1.807, 2.05) is 93.6 Å². The van der Waals surface area contributed by atoms with E-state index in [2.05, 4.69) is 5.32 Å². The predicted octanol–water partition coefficient (Wildman–Crippen LogP) is 5.19. The molecule has 0 heterocycles. The number of carbonyl (C=O) groups excluding carboxylic acids is 2. The molecule has 7 nitrogen and oxygen atoms in total. The topological polar surface area (TPSA) is 86.8 Å². The monoisotopic (exact) mass is 583 g/mol. The molecule has 0 spiro atoms. The Morgan fingerprint density at radius 1 is 0.762 bits per heavy atom. The molecule has 0 aromatic heterocycles. The van der Waals surface area contributed by atoms with Crippen LogP contribution in [0.1, 0.15) is 27.8 Å². The summed E-state index contributed by atoms with van der Waals surface area (Å²) in [6.45, 7) is 5.24. The number of anilines is 1. The van der Waals surface area contributed by atoms with Gasteiger partial charge in [0.1, 0.15) is 12.6 Å². The molecule has 0 bridgehead atoms. The van der Waals surface area contributed by atoms with Gasteiger partial charge in [-0.2, -0.15) is 0 Å². The third-order valence-electron chi connectivity index (χ3n) is 7.23. The molecular weight excluding hydrogens is 546 g/mol. The van der Waals surface area contributed by atoms with Crippen molar-refractivity contribution in [2.75, 3.05) is 17.9 Å². The third kappa shape index (κ3) is 7.25. The Labute approximate surface area is 248 Å². The number of hydrogen-bond acceptors (Lipinski definition) is 4. The summed E-state index contributed by atoms with van der Waals surface area (Å²) in [6, 6.07) is 30.1. The molecule has 4 aromatic rings. The van der Waals surface area contributed by atoms with E-state index >= 15 is 0 Å². The number of amides is 2. The molecule has 218 valence electrons. The lowest BCUT2D eigenvalue weighted by atomic mass is 10.0. The summed E-state index contributed by atoms with van der Waals surface area (Å²) in [5.74, 6) is -0.817. The highest BCUT2D eigenvalue weighted by molar-refractivity contribution is 7.92. The fourth-order valence-corrected chi connectivity index (χ4v) is 6.31. The maximum Gasteiger partial charge on any atom is 0.264 e. The Hall–Kier alpha value is -4.43. The molecule has 0 radical (unpaired) electrons. The van der Waals surface area contributed by atoms with E-state index < -0.39 is 28.5 Å². The molecule has 0 saturated heterocycles. The Balaban J connectivity index is 1.81. The van der Waals surface area contributed by atoms with Crippen LogP contribution in [0.15, 0.2) is 108 Å². The van der Waals surface area contributed by atoms with Gasteiger partial charge in [0, 0.05) is 20.0 Å². The molecule has 0 fully saturated rings. The summed E-state index contributed by atoms with van der Waals surface area (Å²) in [4.78, 5) is 29.2. The molecule has 4 rings (SSSR count). The largest absolute Gasteiger partial charge is 0.357 e. The Kier molecular flexibility index (Phi) is 9.80. The second-order valence-electron chi connectivity index (χ2n) is 10.4. The van der Waals surface area contributed by atoms with Crippen molar-refractivity contribution in [1.29, 1.82) is 0 Å². The minimum absolute atomic E-state index is 0.0866. The van der Waals surface area contributed by atoms with Gasteiger partial charge < -0.3 is 10.2 Å². The van der Waals surface area contributed by atoms with E-state index in [-0.39, 0.29) is 23.8 Å². The number of hydrogen-bond donors (Lipinski definition) is 1. The number of benzene rings is 4. The molecule has 42 heavy (non-hydrogen) atoms. The van der Waals surface area contributed by atoms with Crippen molar-refractivity contribution in [1.82, 2.24) is 10.2 Å².